The highest BCUT2D eigenvalue weighted by Crippen LogP contribution is 2.41. The number of Topliss-reactive ketones (excluding diaryl/α,β-unsaturated/α-hetero) is 2. The molecule has 0 saturated heterocycles. The molecule has 3 N–H and O–H groups in total. The Kier molecular flexibility index (Phi) is 4.75. The summed E-state index contributed by atoms with van der Waals surface area (Å²) in [6.07, 6.45) is -1.50. The molecular weight excluding hydrogens is 442 g/mol. The van der Waals surface area contributed by atoms with Gasteiger partial charge >= 0.3 is 5.97 Å². The first-order chi connectivity index (χ1) is 16.2. The lowest BCUT2D eigenvalue weighted by atomic mass is 9.97. The number of benzene rings is 2. The maximum absolute atomic E-state index is 12.6. The standard InChI is InChI=1S/C24H19N3O7/c1-11-17(25)16-15(8-7-14-18(28)19(29)21(24(32)33)34-20(14)16)26(11)9-4-10-27-22(30)12-5-2-3-6-13(12)23(27)31/h2-3,5-8,21H,4,9-10,25H2,1H3,(H,32,33). The highest BCUT2D eigenvalue weighted by atomic mass is 16.5. The smallest absolute Gasteiger partial charge is 0.353 e. The van der Waals surface area contributed by atoms with E-state index in [1.54, 1.807) is 37.3 Å². The summed E-state index contributed by atoms with van der Waals surface area (Å²) in [6.45, 7) is 2.34. The molecule has 10 heteroatoms. The Morgan fingerprint density at radius 3 is 2.26 bits per heavy atom. The summed E-state index contributed by atoms with van der Waals surface area (Å²) in [5, 5.41) is 9.64. The number of nitrogen functional groups attached to an aromatic ring is 1. The second kappa shape index (κ2) is 7.55. The number of nitrogens with zero attached hydrogens (tertiary/aromatic N) is 2. The number of imide groups is 1. The zero-order chi connectivity index (χ0) is 24.3. The molecule has 2 aliphatic heterocycles. The van der Waals surface area contributed by atoms with Gasteiger partial charge in [-0.3, -0.25) is 24.1 Å². The molecule has 10 nitrogen and oxygen atoms in total. The largest absolute Gasteiger partial charge is 0.478 e. The van der Waals surface area contributed by atoms with E-state index in [1.807, 2.05) is 4.57 Å². The number of hydrogen-bond acceptors (Lipinski definition) is 7. The van der Waals surface area contributed by atoms with Crippen LogP contribution in [0.1, 0.15) is 43.2 Å². The maximum Gasteiger partial charge on any atom is 0.353 e. The molecule has 3 heterocycles. The number of rotatable bonds is 5. The van der Waals surface area contributed by atoms with Crippen LogP contribution in [0, 0.1) is 6.92 Å². The number of nitrogens with two attached hydrogens (primary N) is 1. The number of ketones is 2. The molecule has 1 aromatic heterocycles. The molecule has 2 amide bonds. The zero-order valence-electron chi connectivity index (χ0n) is 18.0. The van der Waals surface area contributed by atoms with Crippen molar-refractivity contribution >= 4 is 45.9 Å². The van der Waals surface area contributed by atoms with E-state index >= 15 is 0 Å². The molecule has 3 aromatic rings. The Morgan fingerprint density at radius 1 is 1.00 bits per heavy atom. The number of ether oxygens (including phenoxy) is 1. The van der Waals surface area contributed by atoms with Gasteiger partial charge in [0.1, 0.15) is 5.75 Å². The molecule has 0 saturated carbocycles. The SMILES string of the molecule is Cc1c(N)c2c3c(ccc2n1CCCN1C(=O)c2ccccc2C1=O)C(=O)C(=O)C(C(=O)O)O3. The van der Waals surface area contributed by atoms with E-state index < -0.39 is 23.6 Å². The van der Waals surface area contributed by atoms with Crippen molar-refractivity contribution < 1.29 is 33.8 Å². The number of fused-ring (bicyclic) bond motifs is 4. The lowest BCUT2D eigenvalue weighted by molar-refractivity contribution is -0.149. The van der Waals surface area contributed by atoms with Crippen LogP contribution < -0.4 is 10.5 Å². The van der Waals surface area contributed by atoms with Crippen LogP contribution in [0.4, 0.5) is 5.69 Å². The first-order valence-electron chi connectivity index (χ1n) is 10.6. The summed E-state index contributed by atoms with van der Waals surface area (Å²) in [7, 11) is 0. The number of aliphatic carboxylic acids is 1. The molecule has 0 bridgehead atoms. The predicted octanol–water partition coefficient (Wildman–Crippen LogP) is 1.82. The van der Waals surface area contributed by atoms with E-state index in [4.69, 9.17) is 10.5 Å². The summed E-state index contributed by atoms with van der Waals surface area (Å²) in [4.78, 5) is 62.3. The number of hydrogen-bond donors (Lipinski definition) is 2. The number of carboxylic acid groups (broad SMARTS) is 1. The van der Waals surface area contributed by atoms with E-state index in [0.29, 0.717) is 46.4 Å². The third-order valence-electron chi connectivity index (χ3n) is 6.30. The van der Waals surface area contributed by atoms with E-state index in [1.165, 1.54) is 11.0 Å². The monoisotopic (exact) mass is 461 g/mol. The van der Waals surface area contributed by atoms with Gasteiger partial charge in [0.25, 0.3) is 23.7 Å². The van der Waals surface area contributed by atoms with Gasteiger partial charge in [-0.1, -0.05) is 12.1 Å². The molecule has 2 aliphatic rings. The number of aryl methyl sites for hydroxylation is 1. The van der Waals surface area contributed by atoms with Crippen molar-refractivity contribution in [3.8, 4) is 5.75 Å². The molecule has 2 aromatic carbocycles. The number of carbonyl (C=O) groups excluding carboxylic acids is 4. The summed E-state index contributed by atoms with van der Waals surface area (Å²) in [5.74, 6) is -4.34. The normalized spacial score (nSPS) is 17.2. The first kappa shape index (κ1) is 21.4. The van der Waals surface area contributed by atoms with E-state index in [2.05, 4.69) is 0 Å². The van der Waals surface area contributed by atoms with Crippen molar-refractivity contribution in [2.45, 2.75) is 26.0 Å². The third-order valence-corrected chi connectivity index (χ3v) is 6.30. The molecule has 1 unspecified atom stereocenters. The Labute approximate surface area is 192 Å². The molecule has 34 heavy (non-hydrogen) atoms. The van der Waals surface area contributed by atoms with Crippen molar-refractivity contribution in [2.75, 3.05) is 12.3 Å². The Hall–Kier alpha value is -4.47. The first-order valence-corrected chi connectivity index (χ1v) is 10.6. The molecule has 1 atom stereocenters. The number of anilines is 1. The molecule has 0 spiro atoms. The minimum absolute atomic E-state index is 0.0331. The van der Waals surface area contributed by atoms with Crippen LogP contribution in [0.15, 0.2) is 36.4 Å². The second-order valence-corrected chi connectivity index (χ2v) is 8.18. The molecule has 0 radical (unpaired) electrons. The van der Waals surface area contributed by atoms with Gasteiger partial charge in [-0.25, -0.2) is 4.79 Å². The van der Waals surface area contributed by atoms with Crippen molar-refractivity contribution in [3.05, 3.63) is 58.8 Å². The molecule has 5 rings (SSSR count). The Morgan fingerprint density at radius 2 is 1.65 bits per heavy atom. The molecular formula is C24H19N3O7. The quantitative estimate of drug-likeness (QED) is 0.332. The van der Waals surface area contributed by atoms with Gasteiger partial charge in [-0.05, 0) is 37.6 Å². The Bertz CT molecular complexity index is 1420. The van der Waals surface area contributed by atoms with Crippen LogP contribution in [0.3, 0.4) is 0 Å². The van der Waals surface area contributed by atoms with Crippen molar-refractivity contribution in [1.29, 1.82) is 0 Å². The lowest BCUT2D eigenvalue weighted by Gasteiger charge is -2.22. The summed E-state index contributed by atoms with van der Waals surface area (Å²) in [6, 6.07) is 9.70. The van der Waals surface area contributed by atoms with Crippen LogP contribution in [0.25, 0.3) is 10.9 Å². The fourth-order valence-corrected chi connectivity index (χ4v) is 4.57. The van der Waals surface area contributed by atoms with E-state index in [0.717, 1.165) is 0 Å². The van der Waals surface area contributed by atoms with Gasteiger partial charge in [-0.2, -0.15) is 0 Å². The maximum atomic E-state index is 12.6. The van der Waals surface area contributed by atoms with Gasteiger partial charge in [-0.15, -0.1) is 0 Å². The summed E-state index contributed by atoms with van der Waals surface area (Å²) < 4.78 is 7.28. The van der Waals surface area contributed by atoms with Gasteiger partial charge in [0.2, 0.25) is 5.78 Å². The van der Waals surface area contributed by atoms with Gasteiger partial charge < -0.3 is 20.1 Å². The highest BCUT2D eigenvalue weighted by Gasteiger charge is 2.42. The van der Waals surface area contributed by atoms with Crippen molar-refractivity contribution in [3.63, 3.8) is 0 Å². The third kappa shape index (κ3) is 2.92. The van der Waals surface area contributed by atoms with Crippen LogP contribution in [-0.2, 0) is 16.1 Å². The fraction of sp³-hybridized carbons (Fsp3) is 0.208. The number of carbonyl (C=O) groups is 5. The van der Waals surface area contributed by atoms with Crippen LogP contribution >= 0.6 is 0 Å². The zero-order valence-corrected chi connectivity index (χ0v) is 18.0. The highest BCUT2D eigenvalue weighted by molar-refractivity contribution is 6.49. The van der Waals surface area contributed by atoms with Crippen LogP contribution in [-0.4, -0.2) is 56.6 Å². The minimum atomic E-state index is -1.93. The minimum Gasteiger partial charge on any atom is -0.478 e. The van der Waals surface area contributed by atoms with E-state index in [9.17, 15) is 29.1 Å². The number of aromatic nitrogens is 1. The van der Waals surface area contributed by atoms with Crippen LogP contribution in [0.2, 0.25) is 0 Å². The van der Waals surface area contributed by atoms with Crippen molar-refractivity contribution in [1.82, 2.24) is 9.47 Å². The summed E-state index contributed by atoms with van der Waals surface area (Å²) >= 11 is 0. The second-order valence-electron chi connectivity index (χ2n) is 8.18. The molecule has 0 fully saturated rings. The topological polar surface area (TPSA) is 149 Å². The van der Waals surface area contributed by atoms with Gasteiger partial charge in [0.05, 0.1) is 33.3 Å². The summed E-state index contributed by atoms with van der Waals surface area (Å²) in [5.41, 5.74) is 8.55. The van der Waals surface area contributed by atoms with Crippen LogP contribution in [0.5, 0.6) is 5.75 Å². The fourth-order valence-electron chi connectivity index (χ4n) is 4.57. The predicted molar refractivity (Wildman–Crippen MR) is 119 cm³/mol. The number of amides is 2. The van der Waals surface area contributed by atoms with E-state index in [-0.39, 0.29) is 29.7 Å². The lowest BCUT2D eigenvalue weighted by Crippen LogP contribution is -2.43. The van der Waals surface area contributed by atoms with Gasteiger partial charge in [0.15, 0.2) is 0 Å². The molecule has 172 valence electrons. The average Bonchev–Trinajstić information content (AvgIpc) is 3.21. The Balaban J connectivity index is 1.44. The average molecular weight is 461 g/mol. The number of carboxylic acids is 1. The van der Waals surface area contributed by atoms with Gasteiger partial charge in [0, 0.05) is 18.8 Å². The van der Waals surface area contributed by atoms with Crippen molar-refractivity contribution in [2.24, 2.45) is 0 Å². The molecule has 0 aliphatic carbocycles.